The number of rotatable bonds is 12. The highest BCUT2D eigenvalue weighted by Crippen LogP contribution is 2.28. The van der Waals surface area contributed by atoms with Crippen molar-refractivity contribution in [3.8, 4) is 5.75 Å². The van der Waals surface area contributed by atoms with E-state index in [2.05, 4.69) is 47.8 Å². The minimum Gasteiger partial charge on any atom is -0.497 e. The van der Waals surface area contributed by atoms with Crippen molar-refractivity contribution < 1.29 is 9.53 Å². The molecule has 0 aliphatic carbocycles. The zero-order valence-corrected chi connectivity index (χ0v) is 19.8. The normalized spacial score (nSPS) is 12.7. The molecule has 0 aliphatic heterocycles. The van der Waals surface area contributed by atoms with Crippen LogP contribution in [0.25, 0.3) is 0 Å². The zero-order chi connectivity index (χ0) is 22.6. The lowest BCUT2D eigenvalue weighted by molar-refractivity contribution is -0.121. The second-order valence-electron chi connectivity index (χ2n) is 8.01. The van der Waals surface area contributed by atoms with Crippen LogP contribution in [0.4, 0.5) is 0 Å². The van der Waals surface area contributed by atoms with Gasteiger partial charge in [0.2, 0.25) is 5.91 Å². The molecular weight excluding hydrogens is 414 g/mol. The number of nitrogens with one attached hydrogen (secondary N) is 1. The first-order chi connectivity index (χ1) is 15.7. The van der Waals surface area contributed by atoms with E-state index in [0.29, 0.717) is 12.3 Å². The molecule has 32 heavy (non-hydrogen) atoms. The maximum atomic E-state index is 12.3. The number of hydrogen-bond acceptors (Lipinski definition) is 3. The summed E-state index contributed by atoms with van der Waals surface area (Å²) >= 11 is 1.86. The SMILES string of the molecule is COc1ccc([C@@H](CCSCCC(=O)NC(C)c2ccccc2)Cc2ccccc2)cc1. The molecule has 0 radical (unpaired) electrons. The van der Waals surface area contributed by atoms with E-state index in [1.54, 1.807) is 7.11 Å². The summed E-state index contributed by atoms with van der Waals surface area (Å²) in [5.74, 6) is 3.32. The van der Waals surface area contributed by atoms with E-state index in [9.17, 15) is 4.79 Å². The third-order valence-electron chi connectivity index (χ3n) is 5.67. The first-order valence-corrected chi connectivity index (χ1v) is 12.4. The molecule has 0 spiro atoms. The Balaban J connectivity index is 1.46. The second-order valence-corrected chi connectivity index (χ2v) is 9.24. The summed E-state index contributed by atoms with van der Waals surface area (Å²) in [5, 5.41) is 3.10. The van der Waals surface area contributed by atoms with Crippen molar-refractivity contribution in [3.05, 3.63) is 102 Å². The molecule has 3 aromatic carbocycles. The lowest BCUT2D eigenvalue weighted by Crippen LogP contribution is -2.26. The van der Waals surface area contributed by atoms with Gasteiger partial charge in [0.1, 0.15) is 5.75 Å². The van der Waals surface area contributed by atoms with Gasteiger partial charge in [-0.2, -0.15) is 11.8 Å². The Bertz CT molecular complexity index is 929. The molecular formula is C28H33NO2S. The van der Waals surface area contributed by atoms with Gasteiger partial charge in [-0.15, -0.1) is 0 Å². The number of thioether (sulfide) groups is 1. The first kappa shape index (κ1) is 23.9. The van der Waals surface area contributed by atoms with Gasteiger partial charge < -0.3 is 10.1 Å². The van der Waals surface area contributed by atoms with Gasteiger partial charge in [-0.25, -0.2) is 0 Å². The molecule has 0 aliphatic rings. The number of benzene rings is 3. The summed E-state index contributed by atoms with van der Waals surface area (Å²) in [4.78, 5) is 12.3. The molecule has 168 valence electrons. The van der Waals surface area contributed by atoms with Crippen LogP contribution in [0, 0.1) is 0 Å². The molecule has 1 N–H and O–H groups in total. The van der Waals surface area contributed by atoms with Gasteiger partial charge in [0, 0.05) is 12.2 Å². The predicted molar refractivity (Wildman–Crippen MR) is 135 cm³/mol. The molecule has 3 aromatic rings. The zero-order valence-electron chi connectivity index (χ0n) is 19.0. The lowest BCUT2D eigenvalue weighted by atomic mass is 9.90. The summed E-state index contributed by atoms with van der Waals surface area (Å²) in [6.45, 7) is 2.03. The van der Waals surface area contributed by atoms with Gasteiger partial charge in [-0.05, 0) is 60.3 Å². The molecule has 3 rings (SSSR count). The number of amides is 1. The van der Waals surface area contributed by atoms with Gasteiger partial charge in [-0.3, -0.25) is 4.79 Å². The van der Waals surface area contributed by atoms with Crippen LogP contribution < -0.4 is 10.1 Å². The van der Waals surface area contributed by atoms with Crippen LogP contribution in [0.5, 0.6) is 5.75 Å². The van der Waals surface area contributed by atoms with E-state index in [1.807, 2.05) is 61.2 Å². The Morgan fingerprint density at radius 1 is 0.875 bits per heavy atom. The van der Waals surface area contributed by atoms with Crippen LogP contribution in [0.3, 0.4) is 0 Å². The molecule has 0 saturated carbocycles. The summed E-state index contributed by atoms with van der Waals surface area (Å²) in [6.07, 6.45) is 2.64. The Morgan fingerprint density at radius 2 is 1.53 bits per heavy atom. The summed E-state index contributed by atoms with van der Waals surface area (Å²) in [6, 6.07) is 29.2. The van der Waals surface area contributed by atoms with Crippen LogP contribution >= 0.6 is 11.8 Å². The van der Waals surface area contributed by atoms with Crippen LogP contribution in [-0.2, 0) is 11.2 Å². The highest BCUT2D eigenvalue weighted by atomic mass is 32.2. The maximum Gasteiger partial charge on any atom is 0.221 e. The van der Waals surface area contributed by atoms with E-state index in [4.69, 9.17) is 4.74 Å². The average molecular weight is 448 g/mol. The van der Waals surface area contributed by atoms with Crippen molar-refractivity contribution in [2.45, 2.75) is 38.1 Å². The number of ether oxygens (including phenoxy) is 1. The molecule has 0 bridgehead atoms. The summed E-state index contributed by atoms with van der Waals surface area (Å²) in [5.41, 5.74) is 3.83. The topological polar surface area (TPSA) is 38.3 Å². The molecule has 0 saturated heterocycles. The fourth-order valence-corrected chi connectivity index (χ4v) is 4.78. The van der Waals surface area contributed by atoms with Crippen molar-refractivity contribution in [1.82, 2.24) is 5.32 Å². The van der Waals surface area contributed by atoms with Crippen molar-refractivity contribution in [2.75, 3.05) is 18.6 Å². The molecule has 0 fully saturated rings. The van der Waals surface area contributed by atoms with E-state index < -0.39 is 0 Å². The molecule has 3 nitrogen and oxygen atoms in total. The lowest BCUT2D eigenvalue weighted by Gasteiger charge is -2.18. The first-order valence-electron chi connectivity index (χ1n) is 11.3. The molecule has 1 unspecified atom stereocenters. The van der Waals surface area contributed by atoms with E-state index in [-0.39, 0.29) is 11.9 Å². The fourth-order valence-electron chi connectivity index (χ4n) is 3.79. The minimum atomic E-state index is 0.0408. The molecule has 4 heteroatoms. The second kappa shape index (κ2) is 13.0. The summed E-state index contributed by atoms with van der Waals surface area (Å²) in [7, 11) is 1.70. The molecule has 0 aromatic heterocycles. The molecule has 1 amide bonds. The smallest absolute Gasteiger partial charge is 0.221 e. The Kier molecular flexibility index (Phi) is 9.70. The van der Waals surface area contributed by atoms with Crippen molar-refractivity contribution in [3.63, 3.8) is 0 Å². The van der Waals surface area contributed by atoms with Crippen LogP contribution in [-0.4, -0.2) is 24.5 Å². The van der Waals surface area contributed by atoms with Gasteiger partial charge >= 0.3 is 0 Å². The van der Waals surface area contributed by atoms with Crippen LogP contribution in [0.15, 0.2) is 84.9 Å². The predicted octanol–water partition coefficient (Wildman–Crippen LogP) is 6.41. The standard InChI is InChI=1S/C28H33NO2S/c1-22(24-11-7-4-8-12-24)29-28(30)18-20-32-19-17-26(21-23-9-5-3-6-10-23)25-13-15-27(31-2)16-14-25/h3-16,22,26H,17-21H2,1-2H3,(H,29,30)/t22?,26-/m0/s1. The van der Waals surface area contributed by atoms with Gasteiger partial charge in [-0.1, -0.05) is 72.8 Å². The Hall–Kier alpha value is -2.72. The fraction of sp³-hybridized carbons (Fsp3) is 0.321. The monoisotopic (exact) mass is 447 g/mol. The largest absolute Gasteiger partial charge is 0.497 e. The van der Waals surface area contributed by atoms with E-state index >= 15 is 0 Å². The number of carbonyl (C=O) groups is 1. The van der Waals surface area contributed by atoms with Crippen molar-refractivity contribution in [2.24, 2.45) is 0 Å². The Morgan fingerprint density at radius 3 is 2.19 bits per heavy atom. The maximum absolute atomic E-state index is 12.3. The van der Waals surface area contributed by atoms with E-state index in [0.717, 1.165) is 35.7 Å². The van der Waals surface area contributed by atoms with E-state index in [1.165, 1.54) is 11.1 Å². The van der Waals surface area contributed by atoms with Gasteiger partial charge in [0.05, 0.1) is 13.2 Å². The van der Waals surface area contributed by atoms with Gasteiger partial charge in [0.15, 0.2) is 0 Å². The number of hydrogen-bond donors (Lipinski definition) is 1. The molecule has 2 atom stereocenters. The number of methoxy groups -OCH3 is 1. The third kappa shape index (κ3) is 7.76. The quantitative estimate of drug-likeness (QED) is 0.326. The minimum absolute atomic E-state index is 0.0408. The van der Waals surface area contributed by atoms with Crippen LogP contribution in [0.2, 0.25) is 0 Å². The number of carbonyl (C=O) groups excluding carboxylic acids is 1. The average Bonchev–Trinajstić information content (AvgIpc) is 2.84. The molecule has 0 heterocycles. The summed E-state index contributed by atoms with van der Waals surface area (Å²) < 4.78 is 5.32. The highest BCUT2D eigenvalue weighted by molar-refractivity contribution is 7.99. The van der Waals surface area contributed by atoms with Crippen molar-refractivity contribution >= 4 is 17.7 Å². The van der Waals surface area contributed by atoms with Crippen LogP contribution in [0.1, 0.15) is 48.4 Å². The highest BCUT2D eigenvalue weighted by Gasteiger charge is 2.14. The Labute approximate surface area is 196 Å². The van der Waals surface area contributed by atoms with Crippen molar-refractivity contribution in [1.29, 1.82) is 0 Å². The van der Waals surface area contributed by atoms with Gasteiger partial charge in [0.25, 0.3) is 0 Å². The third-order valence-corrected chi connectivity index (χ3v) is 6.69.